The molecule has 1 saturated heterocycles. The first-order valence-electron chi connectivity index (χ1n) is 8.66. The first-order chi connectivity index (χ1) is 11.2. The number of hydrogen-bond donors (Lipinski definition) is 2. The highest BCUT2D eigenvalue weighted by atomic mass is 16.5. The highest BCUT2D eigenvalue weighted by molar-refractivity contribution is 6.08. The van der Waals surface area contributed by atoms with E-state index >= 15 is 0 Å². The van der Waals surface area contributed by atoms with E-state index in [-0.39, 0.29) is 11.5 Å². The molecule has 2 heterocycles. The van der Waals surface area contributed by atoms with Gasteiger partial charge in [-0.05, 0) is 51.0 Å². The van der Waals surface area contributed by atoms with Crippen LogP contribution in [-0.2, 0) is 4.74 Å². The number of amides is 1. The molecule has 0 bridgehead atoms. The molecular formula is C19H24N2O2. The number of nitrogens with one attached hydrogen (secondary N) is 2. The second-order valence-electron chi connectivity index (χ2n) is 7.12. The number of hydrogen-bond acceptors (Lipinski definition) is 2. The van der Waals surface area contributed by atoms with E-state index in [0.29, 0.717) is 5.92 Å². The molecule has 2 N–H and O–H groups in total. The van der Waals surface area contributed by atoms with Gasteiger partial charge in [0.15, 0.2) is 0 Å². The molecule has 1 aromatic carbocycles. The van der Waals surface area contributed by atoms with Crippen LogP contribution in [0.25, 0.3) is 10.9 Å². The van der Waals surface area contributed by atoms with Crippen LogP contribution in [0, 0.1) is 12.8 Å². The van der Waals surface area contributed by atoms with Gasteiger partial charge < -0.3 is 15.0 Å². The number of aromatic amines is 1. The monoisotopic (exact) mass is 312 g/mol. The zero-order valence-corrected chi connectivity index (χ0v) is 13.7. The van der Waals surface area contributed by atoms with Crippen molar-refractivity contribution < 1.29 is 9.53 Å². The van der Waals surface area contributed by atoms with Crippen LogP contribution >= 0.6 is 0 Å². The van der Waals surface area contributed by atoms with Crippen molar-refractivity contribution in [3.05, 3.63) is 35.5 Å². The number of aryl methyl sites for hydroxylation is 1. The van der Waals surface area contributed by atoms with Crippen LogP contribution in [0.15, 0.2) is 24.3 Å². The molecule has 1 saturated carbocycles. The fraction of sp³-hybridized carbons (Fsp3) is 0.526. The number of ether oxygens (including phenoxy) is 1. The Morgan fingerprint density at radius 2 is 2.22 bits per heavy atom. The molecule has 1 atom stereocenters. The standard InChI is InChI=1S/C19H24N2O2/c1-13-17(15-5-2-3-6-16(15)21-13)18(22)20-12-14-7-10-23-19(11-14)8-4-9-19/h2-3,5-6,14,21H,4,7-12H2,1H3,(H,20,22). The lowest BCUT2D eigenvalue weighted by Crippen LogP contribution is -2.47. The van der Waals surface area contributed by atoms with Crippen molar-refractivity contribution in [1.29, 1.82) is 0 Å². The summed E-state index contributed by atoms with van der Waals surface area (Å²) in [6.07, 6.45) is 5.82. The largest absolute Gasteiger partial charge is 0.375 e. The summed E-state index contributed by atoms with van der Waals surface area (Å²) >= 11 is 0. The van der Waals surface area contributed by atoms with Crippen LogP contribution in [0.5, 0.6) is 0 Å². The zero-order chi connectivity index (χ0) is 15.9. The molecule has 122 valence electrons. The maximum Gasteiger partial charge on any atom is 0.253 e. The zero-order valence-electron chi connectivity index (χ0n) is 13.7. The van der Waals surface area contributed by atoms with Gasteiger partial charge in [0.2, 0.25) is 0 Å². The third-order valence-corrected chi connectivity index (χ3v) is 5.53. The SMILES string of the molecule is Cc1[nH]c2ccccc2c1C(=O)NCC1CCOC2(CCC2)C1. The molecule has 2 aliphatic rings. The van der Waals surface area contributed by atoms with Crippen LogP contribution in [0.1, 0.15) is 48.2 Å². The summed E-state index contributed by atoms with van der Waals surface area (Å²) in [6.45, 7) is 3.56. The lowest BCUT2D eigenvalue weighted by Gasteiger charge is -2.47. The van der Waals surface area contributed by atoms with Gasteiger partial charge in [-0.2, -0.15) is 0 Å². The van der Waals surface area contributed by atoms with Crippen molar-refractivity contribution in [2.24, 2.45) is 5.92 Å². The Hall–Kier alpha value is -1.81. The van der Waals surface area contributed by atoms with Gasteiger partial charge in [0.05, 0.1) is 11.2 Å². The van der Waals surface area contributed by atoms with Crippen LogP contribution in [0.3, 0.4) is 0 Å². The van der Waals surface area contributed by atoms with Crippen molar-refractivity contribution in [3.63, 3.8) is 0 Å². The minimum absolute atomic E-state index is 0.0362. The van der Waals surface area contributed by atoms with E-state index in [1.165, 1.54) is 19.3 Å². The summed E-state index contributed by atoms with van der Waals surface area (Å²) in [4.78, 5) is 16.0. The van der Waals surface area contributed by atoms with Gasteiger partial charge in [-0.1, -0.05) is 18.2 Å². The number of aromatic nitrogens is 1. The van der Waals surface area contributed by atoms with Crippen LogP contribution in [0.4, 0.5) is 0 Å². The number of carbonyl (C=O) groups excluding carboxylic acids is 1. The van der Waals surface area contributed by atoms with Crippen molar-refractivity contribution >= 4 is 16.8 Å². The predicted molar refractivity (Wildman–Crippen MR) is 90.6 cm³/mol. The topological polar surface area (TPSA) is 54.1 Å². The fourth-order valence-corrected chi connectivity index (χ4v) is 4.12. The first kappa shape index (κ1) is 14.8. The molecule has 4 rings (SSSR count). The summed E-state index contributed by atoms with van der Waals surface area (Å²) in [5, 5.41) is 4.16. The number of rotatable bonds is 3. The number of H-pyrrole nitrogens is 1. The van der Waals surface area contributed by atoms with E-state index in [1.807, 2.05) is 31.2 Å². The molecule has 2 fully saturated rings. The highest BCUT2D eigenvalue weighted by Crippen LogP contribution is 2.44. The van der Waals surface area contributed by atoms with Gasteiger partial charge in [-0.25, -0.2) is 0 Å². The maximum absolute atomic E-state index is 12.7. The van der Waals surface area contributed by atoms with Gasteiger partial charge in [0.25, 0.3) is 5.91 Å². The van der Waals surface area contributed by atoms with E-state index in [0.717, 1.165) is 48.2 Å². The minimum atomic E-state index is 0.0362. The van der Waals surface area contributed by atoms with E-state index in [9.17, 15) is 4.79 Å². The van der Waals surface area contributed by atoms with Crippen molar-refractivity contribution in [2.75, 3.05) is 13.2 Å². The summed E-state index contributed by atoms with van der Waals surface area (Å²) in [5.41, 5.74) is 2.89. The van der Waals surface area contributed by atoms with Crippen LogP contribution in [-0.4, -0.2) is 29.6 Å². The van der Waals surface area contributed by atoms with Gasteiger partial charge >= 0.3 is 0 Å². The normalized spacial score (nSPS) is 22.9. The Labute approximate surface area is 136 Å². The quantitative estimate of drug-likeness (QED) is 0.910. The molecule has 2 aromatic rings. The van der Waals surface area contributed by atoms with Crippen molar-refractivity contribution in [1.82, 2.24) is 10.3 Å². The summed E-state index contributed by atoms with van der Waals surface area (Å²) in [5.74, 6) is 0.576. The van der Waals surface area contributed by atoms with Gasteiger partial charge in [-0.3, -0.25) is 4.79 Å². The predicted octanol–water partition coefficient (Wildman–Crippen LogP) is 3.56. The molecule has 1 aliphatic heterocycles. The van der Waals surface area contributed by atoms with E-state index < -0.39 is 0 Å². The van der Waals surface area contributed by atoms with Gasteiger partial charge in [0.1, 0.15) is 0 Å². The average Bonchev–Trinajstić information content (AvgIpc) is 2.87. The van der Waals surface area contributed by atoms with Crippen molar-refractivity contribution in [2.45, 2.75) is 44.6 Å². The van der Waals surface area contributed by atoms with Gasteiger partial charge in [0, 0.05) is 29.7 Å². The Balaban J connectivity index is 1.44. The number of fused-ring (bicyclic) bond motifs is 1. The third-order valence-electron chi connectivity index (χ3n) is 5.53. The van der Waals surface area contributed by atoms with Gasteiger partial charge in [-0.15, -0.1) is 0 Å². The molecular weight excluding hydrogens is 288 g/mol. The second-order valence-corrected chi connectivity index (χ2v) is 7.12. The molecule has 4 nitrogen and oxygen atoms in total. The smallest absolute Gasteiger partial charge is 0.253 e. The van der Waals surface area contributed by atoms with Crippen LogP contribution in [0.2, 0.25) is 0 Å². The molecule has 4 heteroatoms. The molecule has 1 spiro atoms. The van der Waals surface area contributed by atoms with E-state index in [1.54, 1.807) is 0 Å². The summed E-state index contributed by atoms with van der Waals surface area (Å²) in [7, 11) is 0. The molecule has 1 aromatic heterocycles. The average molecular weight is 312 g/mol. The maximum atomic E-state index is 12.7. The molecule has 1 amide bonds. The fourth-order valence-electron chi connectivity index (χ4n) is 4.12. The summed E-state index contributed by atoms with van der Waals surface area (Å²) in [6, 6.07) is 7.98. The van der Waals surface area contributed by atoms with E-state index in [4.69, 9.17) is 4.74 Å². The Morgan fingerprint density at radius 3 is 3.00 bits per heavy atom. The minimum Gasteiger partial charge on any atom is -0.375 e. The first-order valence-corrected chi connectivity index (χ1v) is 8.66. The second kappa shape index (κ2) is 5.68. The lowest BCUT2D eigenvalue weighted by molar-refractivity contribution is -0.142. The van der Waals surface area contributed by atoms with Crippen LogP contribution < -0.4 is 5.32 Å². The molecule has 0 radical (unpaired) electrons. The highest BCUT2D eigenvalue weighted by Gasteiger charge is 2.42. The lowest BCUT2D eigenvalue weighted by atomic mass is 9.72. The molecule has 23 heavy (non-hydrogen) atoms. The number of benzene rings is 1. The number of para-hydroxylation sites is 1. The Kier molecular flexibility index (Phi) is 3.64. The molecule has 1 aliphatic carbocycles. The number of carbonyl (C=O) groups is 1. The molecule has 1 unspecified atom stereocenters. The Morgan fingerprint density at radius 1 is 1.39 bits per heavy atom. The summed E-state index contributed by atoms with van der Waals surface area (Å²) < 4.78 is 5.97. The third kappa shape index (κ3) is 2.65. The van der Waals surface area contributed by atoms with Crippen molar-refractivity contribution in [3.8, 4) is 0 Å². The van der Waals surface area contributed by atoms with E-state index in [2.05, 4.69) is 10.3 Å². The Bertz CT molecular complexity index is 730.